The smallest absolute Gasteiger partial charge is 0.251 e. The number of rotatable bonds is 5. The number of nitrogen functional groups attached to an aromatic ring is 1. The summed E-state index contributed by atoms with van der Waals surface area (Å²) in [5, 5.41) is 5.77. The van der Waals surface area contributed by atoms with Crippen molar-refractivity contribution in [1.82, 2.24) is 10.3 Å². The second kappa shape index (κ2) is 6.38. The minimum atomic E-state index is -0.162. The molecule has 1 aromatic carbocycles. The first-order valence-corrected chi connectivity index (χ1v) is 7.17. The average Bonchev–Trinajstić information content (AvgIpc) is 2.99. The maximum absolute atomic E-state index is 12.3. The van der Waals surface area contributed by atoms with Gasteiger partial charge in [0.2, 0.25) is 0 Å². The number of carbonyl (C=O) groups is 1. The van der Waals surface area contributed by atoms with E-state index in [1.54, 1.807) is 24.4 Å². The highest BCUT2D eigenvalue weighted by molar-refractivity contribution is 7.09. The summed E-state index contributed by atoms with van der Waals surface area (Å²) in [6.07, 6.45) is 2.52. The summed E-state index contributed by atoms with van der Waals surface area (Å²) in [6.45, 7) is 2.01. The quantitative estimate of drug-likeness (QED) is 0.830. The van der Waals surface area contributed by atoms with E-state index >= 15 is 0 Å². The van der Waals surface area contributed by atoms with E-state index in [0.717, 1.165) is 11.4 Å². The van der Waals surface area contributed by atoms with Gasteiger partial charge in [-0.3, -0.25) is 4.79 Å². The number of hydrogen-bond acceptors (Lipinski definition) is 5. The van der Waals surface area contributed by atoms with E-state index < -0.39 is 0 Å². The number of anilines is 1. The van der Waals surface area contributed by atoms with Gasteiger partial charge in [0.15, 0.2) is 0 Å². The van der Waals surface area contributed by atoms with Crippen LogP contribution in [0, 0.1) is 0 Å². The Morgan fingerprint density at radius 1 is 1.55 bits per heavy atom. The van der Waals surface area contributed by atoms with Crippen LogP contribution >= 0.6 is 11.3 Å². The fourth-order valence-electron chi connectivity index (χ4n) is 1.84. The van der Waals surface area contributed by atoms with E-state index in [0.29, 0.717) is 17.0 Å². The van der Waals surface area contributed by atoms with Crippen LogP contribution in [-0.4, -0.2) is 18.0 Å². The minimum absolute atomic E-state index is 0.0777. The van der Waals surface area contributed by atoms with E-state index in [1.165, 1.54) is 18.4 Å². The van der Waals surface area contributed by atoms with Crippen molar-refractivity contribution in [2.75, 3.05) is 12.8 Å². The Bertz CT molecular complexity index is 584. The molecule has 0 aliphatic rings. The van der Waals surface area contributed by atoms with Crippen LogP contribution in [0.4, 0.5) is 5.69 Å². The largest absolute Gasteiger partial charge is 0.495 e. The Balaban J connectivity index is 2.15. The second-order valence-corrected chi connectivity index (χ2v) is 5.19. The maximum Gasteiger partial charge on any atom is 0.251 e. The van der Waals surface area contributed by atoms with Crippen LogP contribution in [0.5, 0.6) is 5.75 Å². The molecule has 0 saturated carbocycles. The lowest BCUT2D eigenvalue weighted by atomic mass is 10.1. The third kappa shape index (κ3) is 3.08. The molecule has 0 aliphatic carbocycles. The van der Waals surface area contributed by atoms with Gasteiger partial charge in [-0.25, -0.2) is 4.98 Å². The molecule has 0 bridgehead atoms. The molecule has 2 aromatic rings. The van der Waals surface area contributed by atoms with Crippen LogP contribution in [0.25, 0.3) is 0 Å². The van der Waals surface area contributed by atoms with Gasteiger partial charge in [0.25, 0.3) is 5.91 Å². The van der Waals surface area contributed by atoms with Crippen LogP contribution in [0.2, 0.25) is 0 Å². The first-order chi connectivity index (χ1) is 9.65. The fourth-order valence-corrected chi connectivity index (χ4v) is 2.61. The second-order valence-electron chi connectivity index (χ2n) is 4.26. The van der Waals surface area contributed by atoms with Gasteiger partial charge in [-0.1, -0.05) is 6.92 Å². The van der Waals surface area contributed by atoms with Crippen molar-refractivity contribution in [2.45, 2.75) is 19.4 Å². The topological polar surface area (TPSA) is 77.2 Å². The molecule has 20 heavy (non-hydrogen) atoms. The molecule has 1 atom stereocenters. The van der Waals surface area contributed by atoms with Gasteiger partial charge in [-0.05, 0) is 24.6 Å². The molecule has 106 valence electrons. The Morgan fingerprint density at radius 2 is 2.35 bits per heavy atom. The van der Waals surface area contributed by atoms with Gasteiger partial charge in [0, 0.05) is 17.1 Å². The summed E-state index contributed by atoms with van der Waals surface area (Å²) < 4.78 is 5.12. The standard InChI is InChI=1S/C14H17N3O2S/c1-3-11(14-16-6-7-20-14)17-13(18)9-4-5-10(15)12(8-9)19-2/h4-8,11H,3,15H2,1-2H3,(H,17,18). The maximum atomic E-state index is 12.3. The van der Waals surface area contributed by atoms with E-state index in [1.807, 2.05) is 12.3 Å². The van der Waals surface area contributed by atoms with Crippen LogP contribution in [0.3, 0.4) is 0 Å². The molecular weight excluding hydrogens is 274 g/mol. The van der Waals surface area contributed by atoms with Crippen molar-refractivity contribution < 1.29 is 9.53 Å². The highest BCUT2D eigenvalue weighted by Gasteiger charge is 2.16. The van der Waals surface area contributed by atoms with Crippen molar-refractivity contribution in [3.8, 4) is 5.75 Å². The van der Waals surface area contributed by atoms with Crippen molar-refractivity contribution in [1.29, 1.82) is 0 Å². The fraction of sp³-hybridized carbons (Fsp3) is 0.286. The van der Waals surface area contributed by atoms with Gasteiger partial charge in [0.1, 0.15) is 10.8 Å². The Morgan fingerprint density at radius 3 is 2.95 bits per heavy atom. The summed E-state index contributed by atoms with van der Waals surface area (Å²) in [7, 11) is 1.53. The molecule has 0 radical (unpaired) electrons. The number of carbonyl (C=O) groups excluding carboxylic acids is 1. The van der Waals surface area contributed by atoms with E-state index in [2.05, 4.69) is 10.3 Å². The lowest BCUT2D eigenvalue weighted by Crippen LogP contribution is -2.28. The van der Waals surface area contributed by atoms with Crippen LogP contribution in [-0.2, 0) is 0 Å². The van der Waals surface area contributed by atoms with E-state index in [4.69, 9.17) is 10.5 Å². The van der Waals surface area contributed by atoms with Crippen LogP contribution in [0.1, 0.15) is 34.8 Å². The Labute approximate surface area is 121 Å². The summed E-state index contributed by atoms with van der Waals surface area (Å²) in [4.78, 5) is 16.5. The molecule has 1 heterocycles. The number of nitrogens with zero attached hydrogens (tertiary/aromatic N) is 1. The zero-order valence-corrected chi connectivity index (χ0v) is 12.2. The molecule has 6 heteroatoms. The van der Waals surface area contributed by atoms with Crippen molar-refractivity contribution >= 4 is 22.9 Å². The van der Waals surface area contributed by atoms with Gasteiger partial charge >= 0.3 is 0 Å². The molecule has 0 fully saturated rings. The molecule has 0 spiro atoms. The first kappa shape index (κ1) is 14.3. The number of aromatic nitrogens is 1. The third-order valence-electron chi connectivity index (χ3n) is 2.96. The normalized spacial score (nSPS) is 11.9. The SMILES string of the molecule is CCC(NC(=O)c1ccc(N)c(OC)c1)c1nccs1. The third-order valence-corrected chi connectivity index (χ3v) is 3.85. The van der Waals surface area contributed by atoms with Gasteiger partial charge in [-0.2, -0.15) is 0 Å². The number of nitrogens with one attached hydrogen (secondary N) is 1. The van der Waals surface area contributed by atoms with Gasteiger partial charge < -0.3 is 15.8 Å². The molecule has 1 unspecified atom stereocenters. The highest BCUT2D eigenvalue weighted by atomic mass is 32.1. The summed E-state index contributed by atoms with van der Waals surface area (Å²) in [5.74, 6) is 0.338. The Kier molecular flexibility index (Phi) is 4.57. The monoisotopic (exact) mass is 291 g/mol. The number of benzene rings is 1. The number of thiazole rings is 1. The van der Waals surface area contributed by atoms with E-state index in [9.17, 15) is 4.79 Å². The Hall–Kier alpha value is -2.08. The van der Waals surface area contributed by atoms with Crippen molar-refractivity contribution in [3.63, 3.8) is 0 Å². The van der Waals surface area contributed by atoms with Crippen molar-refractivity contribution in [3.05, 3.63) is 40.3 Å². The summed E-state index contributed by atoms with van der Waals surface area (Å²) >= 11 is 1.53. The highest BCUT2D eigenvalue weighted by Crippen LogP contribution is 2.23. The molecule has 2 rings (SSSR count). The van der Waals surface area contributed by atoms with Gasteiger partial charge in [0.05, 0.1) is 18.8 Å². The summed E-state index contributed by atoms with van der Waals surface area (Å²) in [5.41, 5.74) is 6.77. The first-order valence-electron chi connectivity index (χ1n) is 6.29. The molecule has 0 saturated heterocycles. The van der Waals surface area contributed by atoms with E-state index in [-0.39, 0.29) is 11.9 Å². The molecular formula is C14H17N3O2S. The number of hydrogen-bond donors (Lipinski definition) is 2. The zero-order valence-electron chi connectivity index (χ0n) is 11.4. The number of nitrogens with two attached hydrogens (primary N) is 1. The average molecular weight is 291 g/mol. The minimum Gasteiger partial charge on any atom is -0.495 e. The molecule has 1 aromatic heterocycles. The van der Waals surface area contributed by atoms with Crippen molar-refractivity contribution in [2.24, 2.45) is 0 Å². The number of amides is 1. The number of ether oxygens (including phenoxy) is 1. The summed E-state index contributed by atoms with van der Waals surface area (Å²) in [6, 6.07) is 4.91. The van der Waals surface area contributed by atoms with Crippen LogP contribution < -0.4 is 15.8 Å². The molecule has 3 N–H and O–H groups in total. The number of methoxy groups -OCH3 is 1. The zero-order chi connectivity index (χ0) is 14.5. The lowest BCUT2D eigenvalue weighted by molar-refractivity contribution is 0.0935. The predicted octanol–water partition coefficient (Wildman–Crippen LogP) is 2.62. The molecule has 0 aliphatic heterocycles. The predicted molar refractivity (Wildman–Crippen MR) is 80.0 cm³/mol. The van der Waals surface area contributed by atoms with Gasteiger partial charge in [-0.15, -0.1) is 11.3 Å². The van der Waals surface area contributed by atoms with Crippen LogP contribution in [0.15, 0.2) is 29.8 Å². The molecule has 5 nitrogen and oxygen atoms in total. The lowest BCUT2D eigenvalue weighted by Gasteiger charge is -2.15. The molecule has 1 amide bonds.